The van der Waals surface area contributed by atoms with Crippen LogP contribution in [0.5, 0.6) is 0 Å². The molecular weight excluding hydrogens is 203 g/mol. The lowest BCUT2D eigenvalue weighted by molar-refractivity contribution is 0.0470. The van der Waals surface area contributed by atoms with E-state index in [9.17, 15) is 4.39 Å². The summed E-state index contributed by atoms with van der Waals surface area (Å²) in [5.74, 6) is 0.196. The maximum atomic E-state index is 12.8. The molecule has 16 heavy (non-hydrogen) atoms. The van der Waals surface area contributed by atoms with Crippen molar-refractivity contribution in [1.29, 1.82) is 0 Å². The molecule has 3 heteroatoms. The zero-order valence-electron chi connectivity index (χ0n) is 10.1. The van der Waals surface area contributed by atoms with Gasteiger partial charge in [0, 0.05) is 17.7 Å². The Labute approximate surface area is 96.3 Å². The van der Waals surface area contributed by atoms with Crippen LogP contribution in [0.25, 0.3) is 0 Å². The Hall–Kier alpha value is -0.960. The Morgan fingerprint density at radius 2 is 2.31 bits per heavy atom. The van der Waals surface area contributed by atoms with Gasteiger partial charge in [-0.25, -0.2) is 4.39 Å². The van der Waals surface area contributed by atoms with Gasteiger partial charge in [-0.3, -0.25) is 4.98 Å². The summed E-state index contributed by atoms with van der Waals surface area (Å²) in [7, 11) is 2.01. The van der Waals surface area contributed by atoms with E-state index < -0.39 is 0 Å². The van der Waals surface area contributed by atoms with Crippen molar-refractivity contribution in [3.05, 3.63) is 29.8 Å². The van der Waals surface area contributed by atoms with Crippen molar-refractivity contribution in [3.8, 4) is 0 Å². The van der Waals surface area contributed by atoms with Crippen LogP contribution in [-0.2, 0) is 0 Å². The van der Waals surface area contributed by atoms with Crippen molar-refractivity contribution < 1.29 is 4.39 Å². The molecule has 2 nitrogen and oxygen atoms in total. The third-order valence-corrected chi connectivity index (χ3v) is 4.28. The smallest absolute Gasteiger partial charge is 0.141 e. The molecule has 1 aliphatic carbocycles. The highest BCUT2D eigenvalue weighted by molar-refractivity contribution is 5.22. The molecule has 3 unspecified atom stereocenters. The number of nitrogens with zero attached hydrogens (tertiary/aromatic N) is 1. The molecule has 1 N–H and O–H groups in total. The van der Waals surface area contributed by atoms with Gasteiger partial charge in [-0.15, -0.1) is 0 Å². The van der Waals surface area contributed by atoms with E-state index in [-0.39, 0.29) is 11.2 Å². The van der Waals surface area contributed by atoms with Gasteiger partial charge in [0.2, 0.25) is 0 Å². The molecule has 2 rings (SSSR count). The van der Waals surface area contributed by atoms with E-state index >= 15 is 0 Å². The molecule has 88 valence electrons. The molecule has 0 spiro atoms. The normalized spacial score (nSPS) is 33.5. The van der Waals surface area contributed by atoms with Crippen LogP contribution in [0.15, 0.2) is 18.3 Å². The summed E-state index contributed by atoms with van der Waals surface area (Å²) in [4.78, 5) is 4.21. The summed E-state index contributed by atoms with van der Waals surface area (Å²) in [5, 5.41) is 3.35. The van der Waals surface area contributed by atoms with Crippen LogP contribution in [-0.4, -0.2) is 18.1 Å². The fraction of sp³-hybridized carbons (Fsp3) is 0.615. The minimum absolute atomic E-state index is 0.250. The van der Waals surface area contributed by atoms with Crippen molar-refractivity contribution in [1.82, 2.24) is 10.3 Å². The lowest BCUT2D eigenvalue weighted by Gasteiger charge is -2.53. The number of pyridine rings is 1. The van der Waals surface area contributed by atoms with Crippen LogP contribution < -0.4 is 5.32 Å². The SMILES string of the molecule is CCC1(C)C(NC)CC1c1ccc(F)cn1. The lowest BCUT2D eigenvalue weighted by atomic mass is 9.55. The van der Waals surface area contributed by atoms with E-state index in [1.54, 1.807) is 0 Å². The van der Waals surface area contributed by atoms with Crippen LogP contribution in [0.3, 0.4) is 0 Å². The molecule has 0 aliphatic heterocycles. The summed E-state index contributed by atoms with van der Waals surface area (Å²) < 4.78 is 12.8. The topological polar surface area (TPSA) is 24.9 Å². The van der Waals surface area contributed by atoms with Crippen LogP contribution in [0, 0.1) is 11.2 Å². The number of hydrogen-bond acceptors (Lipinski definition) is 2. The van der Waals surface area contributed by atoms with Gasteiger partial charge in [-0.2, -0.15) is 0 Å². The summed E-state index contributed by atoms with van der Waals surface area (Å²) >= 11 is 0. The van der Waals surface area contributed by atoms with Gasteiger partial charge in [0.25, 0.3) is 0 Å². The molecule has 0 aromatic carbocycles. The monoisotopic (exact) mass is 222 g/mol. The van der Waals surface area contributed by atoms with Crippen molar-refractivity contribution in [2.45, 2.75) is 38.6 Å². The molecular formula is C13H19FN2. The van der Waals surface area contributed by atoms with E-state index in [1.165, 1.54) is 12.3 Å². The standard InChI is InChI=1S/C13H19FN2/c1-4-13(2)10(7-12(13)15-3)11-6-5-9(14)8-16-11/h5-6,8,10,12,15H,4,7H2,1-3H3. The van der Waals surface area contributed by atoms with Crippen LogP contribution in [0.2, 0.25) is 0 Å². The van der Waals surface area contributed by atoms with Crippen molar-refractivity contribution in [3.63, 3.8) is 0 Å². The lowest BCUT2D eigenvalue weighted by Crippen LogP contribution is -2.55. The van der Waals surface area contributed by atoms with Gasteiger partial charge < -0.3 is 5.32 Å². The fourth-order valence-electron chi connectivity index (χ4n) is 2.85. The largest absolute Gasteiger partial charge is 0.316 e. The van der Waals surface area contributed by atoms with Gasteiger partial charge in [0.15, 0.2) is 0 Å². The molecule has 0 saturated heterocycles. The van der Waals surface area contributed by atoms with Gasteiger partial charge in [0.05, 0.1) is 6.20 Å². The fourth-order valence-corrected chi connectivity index (χ4v) is 2.85. The average Bonchev–Trinajstić information content (AvgIpc) is 2.30. The molecule has 0 amide bonds. The van der Waals surface area contributed by atoms with Gasteiger partial charge in [-0.05, 0) is 37.4 Å². The molecule has 1 saturated carbocycles. The Bertz CT molecular complexity index is 363. The second-order valence-electron chi connectivity index (χ2n) is 4.89. The number of hydrogen-bond donors (Lipinski definition) is 1. The molecule has 1 aromatic rings. The van der Waals surface area contributed by atoms with Crippen LogP contribution >= 0.6 is 0 Å². The third-order valence-electron chi connectivity index (χ3n) is 4.28. The summed E-state index contributed by atoms with van der Waals surface area (Å²) in [5.41, 5.74) is 1.27. The first-order chi connectivity index (χ1) is 7.61. The first-order valence-corrected chi connectivity index (χ1v) is 5.90. The highest BCUT2D eigenvalue weighted by atomic mass is 19.1. The van der Waals surface area contributed by atoms with Crippen LogP contribution in [0.4, 0.5) is 4.39 Å². The molecule has 0 radical (unpaired) electrons. The van der Waals surface area contributed by atoms with Gasteiger partial charge in [0.1, 0.15) is 5.82 Å². The number of halogens is 1. The molecule has 1 heterocycles. The second-order valence-corrected chi connectivity index (χ2v) is 4.89. The number of aromatic nitrogens is 1. The number of rotatable bonds is 3. The highest BCUT2D eigenvalue weighted by Crippen LogP contribution is 2.54. The summed E-state index contributed by atoms with van der Waals surface area (Å²) in [6.45, 7) is 4.49. The van der Waals surface area contributed by atoms with Crippen molar-refractivity contribution in [2.75, 3.05) is 7.05 Å². The summed E-state index contributed by atoms with van der Waals surface area (Å²) in [6, 6.07) is 3.87. The molecule has 3 atom stereocenters. The Balaban J connectivity index is 2.21. The minimum Gasteiger partial charge on any atom is -0.316 e. The molecule has 0 bridgehead atoms. The Kier molecular flexibility index (Phi) is 2.98. The van der Waals surface area contributed by atoms with E-state index in [0.717, 1.165) is 18.5 Å². The van der Waals surface area contributed by atoms with Crippen LogP contribution in [0.1, 0.15) is 38.3 Å². The maximum Gasteiger partial charge on any atom is 0.141 e. The van der Waals surface area contributed by atoms with E-state index in [2.05, 4.69) is 24.1 Å². The van der Waals surface area contributed by atoms with Gasteiger partial charge >= 0.3 is 0 Å². The predicted octanol–water partition coefficient (Wildman–Crippen LogP) is 2.71. The van der Waals surface area contributed by atoms with E-state index in [1.807, 2.05) is 13.1 Å². The summed E-state index contributed by atoms with van der Waals surface area (Å²) in [6.07, 6.45) is 3.53. The average molecular weight is 222 g/mol. The Morgan fingerprint density at radius 1 is 1.56 bits per heavy atom. The first kappa shape index (κ1) is 11.5. The molecule has 1 aromatic heterocycles. The van der Waals surface area contributed by atoms with Gasteiger partial charge in [-0.1, -0.05) is 13.8 Å². The number of nitrogens with one attached hydrogen (secondary N) is 1. The van der Waals surface area contributed by atoms with E-state index in [0.29, 0.717) is 12.0 Å². The van der Waals surface area contributed by atoms with E-state index in [4.69, 9.17) is 0 Å². The van der Waals surface area contributed by atoms with Crippen molar-refractivity contribution >= 4 is 0 Å². The first-order valence-electron chi connectivity index (χ1n) is 5.90. The highest BCUT2D eigenvalue weighted by Gasteiger charge is 2.50. The zero-order valence-corrected chi connectivity index (χ0v) is 10.1. The third kappa shape index (κ3) is 1.63. The molecule has 1 fully saturated rings. The second kappa shape index (κ2) is 4.13. The van der Waals surface area contributed by atoms with Crippen molar-refractivity contribution in [2.24, 2.45) is 5.41 Å². The zero-order chi connectivity index (χ0) is 11.8. The predicted molar refractivity (Wildman–Crippen MR) is 62.8 cm³/mol. The maximum absolute atomic E-state index is 12.8. The Morgan fingerprint density at radius 3 is 2.81 bits per heavy atom. The minimum atomic E-state index is -0.258. The molecule has 1 aliphatic rings. The quantitative estimate of drug-likeness (QED) is 0.850.